The summed E-state index contributed by atoms with van der Waals surface area (Å²) in [5.74, 6) is 1.07. The van der Waals surface area contributed by atoms with Gasteiger partial charge in [0.25, 0.3) is 0 Å². The Morgan fingerprint density at radius 1 is 1.12 bits per heavy atom. The highest BCUT2D eigenvalue weighted by molar-refractivity contribution is 6.30. The topological polar surface area (TPSA) is 45.2 Å². The highest BCUT2D eigenvalue weighted by atomic mass is 35.5. The number of hydrogen-bond acceptors (Lipinski definition) is 3. The number of anilines is 1. The fourth-order valence-electron chi connectivity index (χ4n) is 2.89. The summed E-state index contributed by atoms with van der Waals surface area (Å²) in [5, 5.41) is 3.70. The molecule has 1 aliphatic rings. The number of aromatic nitrogens is 1. The second kappa shape index (κ2) is 8.15. The largest absolute Gasteiger partial charge is 0.357 e. The van der Waals surface area contributed by atoms with Crippen LogP contribution in [0.25, 0.3) is 0 Å². The molecule has 1 aliphatic heterocycles. The van der Waals surface area contributed by atoms with Crippen molar-refractivity contribution in [1.82, 2.24) is 10.3 Å². The zero-order valence-electron chi connectivity index (χ0n) is 13.7. The predicted octanol–water partition coefficient (Wildman–Crippen LogP) is 3.58. The van der Waals surface area contributed by atoms with Crippen LogP contribution in [0, 0.1) is 0 Å². The summed E-state index contributed by atoms with van der Waals surface area (Å²) >= 11 is 5.86. The van der Waals surface area contributed by atoms with Gasteiger partial charge < -0.3 is 10.2 Å². The van der Waals surface area contributed by atoms with Crippen LogP contribution >= 0.6 is 11.6 Å². The number of pyridine rings is 1. The van der Waals surface area contributed by atoms with Gasteiger partial charge in [-0.2, -0.15) is 0 Å². The SMILES string of the molecule is O=C(CCc1ccc(Cl)cc1)NCc1ccnc(N2CCCC2)c1. The van der Waals surface area contributed by atoms with Gasteiger partial charge in [-0.3, -0.25) is 4.79 Å². The van der Waals surface area contributed by atoms with Crippen LogP contribution < -0.4 is 10.2 Å². The number of halogens is 1. The molecule has 24 heavy (non-hydrogen) atoms. The first-order valence-electron chi connectivity index (χ1n) is 8.42. The fourth-order valence-corrected chi connectivity index (χ4v) is 3.01. The van der Waals surface area contributed by atoms with Crippen molar-refractivity contribution in [3.8, 4) is 0 Å². The third-order valence-electron chi connectivity index (χ3n) is 4.28. The van der Waals surface area contributed by atoms with Gasteiger partial charge in [0.15, 0.2) is 0 Å². The molecular weight excluding hydrogens is 322 g/mol. The maximum atomic E-state index is 12.0. The quantitative estimate of drug-likeness (QED) is 0.871. The third kappa shape index (κ3) is 4.71. The van der Waals surface area contributed by atoms with Gasteiger partial charge in [0.05, 0.1) is 0 Å². The van der Waals surface area contributed by atoms with E-state index < -0.39 is 0 Å². The van der Waals surface area contributed by atoms with Gasteiger partial charge in [-0.1, -0.05) is 23.7 Å². The molecule has 2 aromatic rings. The number of rotatable bonds is 6. The highest BCUT2D eigenvalue weighted by Gasteiger charge is 2.13. The number of benzene rings is 1. The van der Waals surface area contributed by atoms with Crippen molar-refractivity contribution in [3.63, 3.8) is 0 Å². The summed E-state index contributed by atoms with van der Waals surface area (Å²) in [6, 6.07) is 11.7. The summed E-state index contributed by atoms with van der Waals surface area (Å²) < 4.78 is 0. The van der Waals surface area contributed by atoms with Gasteiger partial charge in [-0.05, 0) is 54.7 Å². The lowest BCUT2D eigenvalue weighted by Crippen LogP contribution is -2.24. The van der Waals surface area contributed by atoms with E-state index in [9.17, 15) is 4.79 Å². The summed E-state index contributed by atoms with van der Waals surface area (Å²) in [5.41, 5.74) is 2.21. The van der Waals surface area contributed by atoms with E-state index in [0.717, 1.165) is 41.5 Å². The van der Waals surface area contributed by atoms with E-state index in [4.69, 9.17) is 11.6 Å². The molecular formula is C19H22ClN3O. The Morgan fingerprint density at radius 3 is 2.62 bits per heavy atom. The number of aryl methyl sites for hydroxylation is 1. The highest BCUT2D eigenvalue weighted by Crippen LogP contribution is 2.18. The smallest absolute Gasteiger partial charge is 0.220 e. The molecule has 0 atom stereocenters. The van der Waals surface area contributed by atoms with E-state index in [-0.39, 0.29) is 5.91 Å². The lowest BCUT2D eigenvalue weighted by Gasteiger charge is -2.17. The first-order valence-corrected chi connectivity index (χ1v) is 8.79. The van der Waals surface area contributed by atoms with Crippen molar-refractivity contribution in [1.29, 1.82) is 0 Å². The van der Waals surface area contributed by atoms with Crippen LogP contribution in [0.15, 0.2) is 42.6 Å². The van der Waals surface area contributed by atoms with Crippen LogP contribution in [0.1, 0.15) is 30.4 Å². The zero-order chi connectivity index (χ0) is 16.8. The van der Waals surface area contributed by atoms with Gasteiger partial charge in [-0.25, -0.2) is 4.98 Å². The number of amides is 1. The van der Waals surface area contributed by atoms with Crippen molar-refractivity contribution in [2.75, 3.05) is 18.0 Å². The van der Waals surface area contributed by atoms with Crippen LogP contribution in [0.3, 0.4) is 0 Å². The lowest BCUT2D eigenvalue weighted by molar-refractivity contribution is -0.121. The summed E-state index contributed by atoms with van der Waals surface area (Å²) in [7, 11) is 0. The van der Waals surface area contributed by atoms with Crippen molar-refractivity contribution in [3.05, 3.63) is 58.7 Å². The summed E-state index contributed by atoms with van der Waals surface area (Å²) in [4.78, 5) is 18.8. The minimum atomic E-state index is 0.0597. The Hall–Kier alpha value is -2.07. The Morgan fingerprint density at radius 2 is 1.88 bits per heavy atom. The second-order valence-corrected chi connectivity index (χ2v) is 6.56. The third-order valence-corrected chi connectivity index (χ3v) is 4.54. The molecule has 0 aliphatic carbocycles. The number of carbonyl (C=O) groups is 1. The van der Waals surface area contributed by atoms with E-state index in [0.29, 0.717) is 13.0 Å². The van der Waals surface area contributed by atoms with E-state index >= 15 is 0 Å². The van der Waals surface area contributed by atoms with E-state index in [1.807, 2.05) is 36.5 Å². The molecule has 0 radical (unpaired) electrons. The zero-order valence-corrected chi connectivity index (χ0v) is 14.4. The van der Waals surface area contributed by atoms with E-state index in [1.165, 1.54) is 12.8 Å². The Bertz CT molecular complexity index is 681. The molecule has 0 spiro atoms. The summed E-state index contributed by atoms with van der Waals surface area (Å²) in [6.07, 6.45) is 5.48. The molecule has 1 amide bonds. The van der Waals surface area contributed by atoms with Gasteiger partial charge >= 0.3 is 0 Å². The molecule has 126 valence electrons. The molecule has 1 aromatic heterocycles. The van der Waals surface area contributed by atoms with Crippen LogP contribution in [-0.2, 0) is 17.8 Å². The van der Waals surface area contributed by atoms with Gasteiger partial charge in [0.1, 0.15) is 5.82 Å². The average Bonchev–Trinajstić information content (AvgIpc) is 3.14. The number of nitrogens with one attached hydrogen (secondary N) is 1. The number of nitrogens with zero attached hydrogens (tertiary/aromatic N) is 2. The molecule has 1 saturated heterocycles. The summed E-state index contributed by atoms with van der Waals surface area (Å²) in [6.45, 7) is 2.69. The molecule has 0 saturated carbocycles. The van der Waals surface area contributed by atoms with Crippen LogP contribution in [0.4, 0.5) is 5.82 Å². The Balaban J connectivity index is 1.47. The van der Waals surface area contributed by atoms with Gasteiger partial charge in [0, 0.05) is 37.3 Å². The molecule has 2 heterocycles. The average molecular weight is 344 g/mol. The fraction of sp³-hybridized carbons (Fsp3) is 0.368. The maximum Gasteiger partial charge on any atom is 0.220 e. The molecule has 3 rings (SSSR count). The molecule has 0 unspecified atom stereocenters. The van der Waals surface area contributed by atoms with Gasteiger partial charge in [0.2, 0.25) is 5.91 Å². The monoisotopic (exact) mass is 343 g/mol. The van der Waals surface area contributed by atoms with Crippen LogP contribution in [0.2, 0.25) is 5.02 Å². The second-order valence-electron chi connectivity index (χ2n) is 6.12. The Labute approximate surface area is 147 Å². The molecule has 5 heteroatoms. The van der Waals surface area contributed by atoms with E-state index in [1.54, 1.807) is 0 Å². The molecule has 1 fully saturated rings. The van der Waals surface area contributed by atoms with Crippen molar-refractivity contribution in [2.45, 2.75) is 32.2 Å². The van der Waals surface area contributed by atoms with E-state index in [2.05, 4.69) is 21.3 Å². The van der Waals surface area contributed by atoms with Crippen LogP contribution in [-0.4, -0.2) is 24.0 Å². The van der Waals surface area contributed by atoms with Crippen LogP contribution in [0.5, 0.6) is 0 Å². The first kappa shape index (κ1) is 16.8. The minimum Gasteiger partial charge on any atom is -0.357 e. The molecule has 1 N–H and O–H groups in total. The molecule has 0 bridgehead atoms. The first-order chi connectivity index (χ1) is 11.7. The predicted molar refractivity (Wildman–Crippen MR) is 97.3 cm³/mol. The lowest BCUT2D eigenvalue weighted by atomic mass is 10.1. The van der Waals surface area contributed by atoms with Crippen molar-refractivity contribution in [2.24, 2.45) is 0 Å². The minimum absolute atomic E-state index is 0.0597. The van der Waals surface area contributed by atoms with Gasteiger partial charge in [-0.15, -0.1) is 0 Å². The number of carbonyl (C=O) groups excluding carboxylic acids is 1. The number of hydrogen-bond donors (Lipinski definition) is 1. The standard InChI is InChI=1S/C19H22ClN3O/c20-17-6-3-15(4-7-17)5-8-19(24)22-14-16-9-10-21-18(13-16)23-11-1-2-12-23/h3-4,6-7,9-10,13H,1-2,5,8,11-12,14H2,(H,22,24). The normalized spacial score (nSPS) is 14.0. The molecule has 4 nitrogen and oxygen atoms in total. The Kier molecular flexibility index (Phi) is 5.70. The molecule has 1 aromatic carbocycles. The van der Waals surface area contributed by atoms with Crippen molar-refractivity contribution >= 4 is 23.3 Å². The maximum absolute atomic E-state index is 12.0. The van der Waals surface area contributed by atoms with Crippen molar-refractivity contribution < 1.29 is 4.79 Å².